The van der Waals surface area contributed by atoms with Crippen LogP contribution in [0.15, 0.2) is 60.3 Å². The number of imide groups is 1. The van der Waals surface area contributed by atoms with Crippen LogP contribution in [0.4, 0.5) is 4.39 Å². The zero-order valence-electron chi connectivity index (χ0n) is 18.7. The van der Waals surface area contributed by atoms with E-state index in [9.17, 15) is 14.0 Å². The summed E-state index contributed by atoms with van der Waals surface area (Å²) in [5.41, 5.74) is 2.51. The molecule has 0 aromatic heterocycles. The molecule has 2 amide bonds. The van der Waals surface area contributed by atoms with E-state index in [0.717, 1.165) is 44.1 Å². The van der Waals surface area contributed by atoms with Crippen molar-refractivity contribution in [2.75, 3.05) is 6.54 Å². The van der Waals surface area contributed by atoms with Crippen LogP contribution in [0.5, 0.6) is 0 Å². The first-order valence-electron chi connectivity index (χ1n) is 11.8. The zero-order chi connectivity index (χ0) is 22.5. The van der Waals surface area contributed by atoms with Gasteiger partial charge in [0.05, 0.1) is 5.57 Å². The Balaban J connectivity index is 1.74. The molecule has 0 spiro atoms. The summed E-state index contributed by atoms with van der Waals surface area (Å²) >= 11 is 0. The van der Waals surface area contributed by atoms with Crippen LogP contribution in [0.1, 0.15) is 63.0 Å². The highest BCUT2D eigenvalue weighted by Crippen LogP contribution is 2.36. The summed E-state index contributed by atoms with van der Waals surface area (Å²) in [6.07, 6.45) is 7.28. The maximum Gasteiger partial charge on any atom is 0.278 e. The minimum absolute atomic E-state index is 0.0707. The highest BCUT2D eigenvalue weighted by atomic mass is 19.1. The Morgan fingerprint density at radius 1 is 0.875 bits per heavy atom. The van der Waals surface area contributed by atoms with E-state index < -0.39 is 0 Å². The summed E-state index contributed by atoms with van der Waals surface area (Å²) in [5, 5.41) is 0. The van der Waals surface area contributed by atoms with Crippen LogP contribution in [0.25, 0.3) is 5.57 Å². The smallest absolute Gasteiger partial charge is 0.278 e. The van der Waals surface area contributed by atoms with Gasteiger partial charge in [-0.15, -0.1) is 0 Å². The van der Waals surface area contributed by atoms with E-state index >= 15 is 0 Å². The van der Waals surface area contributed by atoms with Crippen LogP contribution in [0.2, 0.25) is 0 Å². The van der Waals surface area contributed by atoms with Crippen molar-refractivity contribution in [3.63, 3.8) is 0 Å². The Morgan fingerprint density at radius 3 is 2.12 bits per heavy atom. The van der Waals surface area contributed by atoms with Gasteiger partial charge in [0.2, 0.25) is 0 Å². The van der Waals surface area contributed by atoms with E-state index in [4.69, 9.17) is 0 Å². The predicted molar refractivity (Wildman–Crippen MR) is 124 cm³/mol. The lowest BCUT2D eigenvalue weighted by Gasteiger charge is -2.30. The van der Waals surface area contributed by atoms with E-state index in [1.54, 1.807) is 12.1 Å². The molecule has 168 valence electrons. The summed E-state index contributed by atoms with van der Waals surface area (Å²) in [6.45, 7) is 3.12. The highest BCUT2D eigenvalue weighted by molar-refractivity contribution is 6.35. The third-order valence-corrected chi connectivity index (χ3v) is 6.58. The quantitative estimate of drug-likeness (QED) is 0.561. The SMILES string of the molecule is CCN(Cc1ccccc1)C1=C(c2ccc(F)cc2)C(=O)N(C2CCCCCCC2)C1=O. The lowest BCUT2D eigenvalue weighted by Crippen LogP contribution is -2.43. The van der Waals surface area contributed by atoms with Gasteiger partial charge in [-0.05, 0) is 43.0 Å². The number of amides is 2. The van der Waals surface area contributed by atoms with Crippen LogP contribution in [0.3, 0.4) is 0 Å². The maximum absolute atomic E-state index is 13.8. The van der Waals surface area contributed by atoms with Gasteiger partial charge in [-0.2, -0.15) is 0 Å². The van der Waals surface area contributed by atoms with Crippen LogP contribution in [-0.4, -0.2) is 34.2 Å². The molecule has 1 aliphatic heterocycles. The minimum Gasteiger partial charge on any atom is -0.362 e. The summed E-state index contributed by atoms with van der Waals surface area (Å²) in [4.78, 5) is 31.0. The lowest BCUT2D eigenvalue weighted by atomic mass is 9.95. The molecule has 0 bridgehead atoms. The maximum atomic E-state index is 13.8. The number of hydrogen-bond acceptors (Lipinski definition) is 3. The Hall–Kier alpha value is -2.95. The Labute approximate surface area is 189 Å². The standard InChI is InChI=1S/C27H31FN2O2/c1-2-29(19-20-11-7-6-8-12-20)25-24(21-15-17-22(28)18-16-21)26(31)30(27(25)32)23-13-9-4-3-5-10-14-23/h6-8,11-12,15-18,23H,2-5,9-10,13-14,19H2,1H3. The van der Waals surface area contributed by atoms with E-state index in [-0.39, 0.29) is 23.7 Å². The van der Waals surface area contributed by atoms with Crippen LogP contribution < -0.4 is 0 Å². The van der Waals surface area contributed by atoms with Gasteiger partial charge < -0.3 is 4.90 Å². The molecule has 1 aliphatic carbocycles. The van der Waals surface area contributed by atoms with Gasteiger partial charge in [0.25, 0.3) is 11.8 Å². The molecule has 1 heterocycles. The fraction of sp³-hybridized carbons (Fsp3) is 0.407. The third kappa shape index (κ3) is 4.62. The zero-order valence-corrected chi connectivity index (χ0v) is 18.7. The third-order valence-electron chi connectivity index (χ3n) is 6.58. The molecule has 4 rings (SSSR count). The summed E-state index contributed by atoms with van der Waals surface area (Å²) in [5.74, 6) is -0.812. The number of carbonyl (C=O) groups is 2. The van der Waals surface area contributed by atoms with Crippen molar-refractivity contribution >= 4 is 17.4 Å². The first-order valence-corrected chi connectivity index (χ1v) is 11.8. The van der Waals surface area contributed by atoms with Gasteiger partial charge in [-0.1, -0.05) is 74.6 Å². The topological polar surface area (TPSA) is 40.6 Å². The number of rotatable bonds is 6. The van der Waals surface area contributed by atoms with Crippen LogP contribution in [0, 0.1) is 5.82 Å². The van der Waals surface area contributed by atoms with Crippen molar-refractivity contribution in [1.82, 2.24) is 9.80 Å². The molecule has 32 heavy (non-hydrogen) atoms. The molecule has 1 fully saturated rings. The number of benzene rings is 2. The fourth-order valence-electron chi connectivity index (χ4n) is 4.88. The van der Waals surface area contributed by atoms with Gasteiger partial charge in [-0.25, -0.2) is 4.39 Å². The van der Waals surface area contributed by atoms with Gasteiger partial charge in [0.15, 0.2) is 0 Å². The average Bonchev–Trinajstić information content (AvgIpc) is 3.03. The molecule has 2 aromatic carbocycles. The highest BCUT2D eigenvalue weighted by Gasteiger charge is 2.44. The molecule has 0 atom stereocenters. The van der Waals surface area contributed by atoms with Crippen molar-refractivity contribution < 1.29 is 14.0 Å². The van der Waals surface area contributed by atoms with Gasteiger partial charge in [-0.3, -0.25) is 14.5 Å². The summed E-state index contributed by atoms with van der Waals surface area (Å²) < 4.78 is 13.6. The number of likely N-dealkylation sites (N-methyl/N-ethyl adjacent to an activating group) is 1. The predicted octanol–water partition coefficient (Wildman–Crippen LogP) is 5.54. The molecule has 0 unspecified atom stereocenters. The lowest BCUT2D eigenvalue weighted by molar-refractivity contribution is -0.140. The van der Waals surface area contributed by atoms with Crippen molar-refractivity contribution in [3.05, 3.63) is 77.2 Å². The van der Waals surface area contributed by atoms with Gasteiger partial charge in [0.1, 0.15) is 11.5 Å². The average molecular weight is 435 g/mol. The molecular formula is C27H31FN2O2. The van der Waals surface area contributed by atoms with Crippen molar-refractivity contribution in [2.45, 2.75) is 64.5 Å². The number of nitrogens with zero attached hydrogens (tertiary/aromatic N) is 2. The Morgan fingerprint density at radius 2 is 1.50 bits per heavy atom. The normalized spacial score (nSPS) is 18.1. The summed E-state index contributed by atoms with van der Waals surface area (Å²) in [6, 6.07) is 15.8. The van der Waals surface area contributed by atoms with Gasteiger partial charge >= 0.3 is 0 Å². The van der Waals surface area contributed by atoms with E-state index in [0.29, 0.717) is 29.9 Å². The Kier molecular flexibility index (Phi) is 7.03. The molecule has 2 aliphatic rings. The molecule has 4 nitrogen and oxygen atoms in total. The van der Waals surface area contributed by atoms with Crippen molar-refractivity contribution in [3.8, 4) is 0 Å². The van der Waals surface area contributed by atoms with E-state index in [1.165, 1.54) is 23.5 Å². The van der Waals surface area contributed by atoms with E-state index in [2.05, 4.69) is 0 Å². The largest absolute Gasteiger partial charge is 0.362 e. The minimum atomic E-state index is -0.360. The van der Waals surface area contributed by atoms with Crippen LogP contribution in [-0.2, 0) is 16.1 Å². The van der Waals surface area contributed by atoms with Crippen molar-refractivity contribution in [1.29, 1.82) is 0 Å². The molecular weight excluding hydrogens is 403 g/mol. The van der Waals surface area contributed by atoms with Crippen molar-refractivity contribution in [2.24, 2.45) is 0 Å². The molecule has 2 aromatic rings. The Bertz CT molecular complexity index is 976. The second-order valence-electron chi connectivity index (χ2n) is 8.71. The number of hydrogen-bond donors (Lipinski definition) is 0. The second-order valence-corrected chi connectivity index (χ2v) is 8.71. The fourth-order valence-corrected chi connectivity index (χ4v) is 4.88. The van der Waals surface area contributed by atoms with Gasteiger partial charge in [0, 0.05) is 19.1 Å². The number of carbonyl (C=O) groups excluding carboxylic acids is 2. The molecule has 0 saturated heterocycles. The summed E-state index contributed by atoms with van der Waals surface area (Å²) in [7, 11) is 0. The second kappa shape index (κ2) is 10.1. The number of halogens is 1. The first-order chi connectivity index (χ1) is 15.6. The molecule has 5 heteroatoms. The molecule has 1 saturated carbocycles. The molecule has 0 N–H and O–H groups in total. The van der Waals surface area contributed by atoms with E-state index in [1.807, 2.05) is 42.2 Å². The monoisotopic (exact) mass is 434 g/mol. The first kappa shape index (κ1) is 22.3. The molecule has 0 radical (unpaired) electrons. The van der Waals surface area contributed by atoms with Crippen LogP contribution >= 0.6 is 0 Å².